The van der Waals surface area contributed by atoms with Gasteiger partial charge in [0.15, 0.2) is 0 Å². The number of aliphatic imine (C=N–C) groups is 1. The van der Waals surface area contributed by atoms with Gasteiger partial charge in [-0.15, -0.1) is 0 Å². The summed E-state index contributed by atoms with van der Waals surface area (Å²) in [6.07, 6.45) is 3.15. The molecule has 1 aliphatic rings. The number of hydrogen-bond acceptors (Lipinski definition) is 2. The van der Waals surface area contributed by atoms with Gasteiger partial charge in [-0.3, -0.25) is 4.99 Å². The Labute approximate surface area is 146 Å². The second-order valence-electron chi connectivity index (χ2n) is 7.79. The molecule has 24 heavy (non-hydrogen) atoms. The van der Waals surface area contributed by atoms with E-state index in [2.05, 4.69) is 62.7 Å². The third-order valence-corrected chi connectivity index (χ3v) is 4.94. The molecule has 0 N–H and O–H groups in total. The van der Waals surface area contributed by atoms with Crippen LogP contribution in [0.4, 0.5) is 11.4 Å². The highest BCUT2D eigenvalue weighted by molar-refractivity contribution is 5.83. The van der Waals surface area contributed by atoms with E-state index in [1.165, 1.54) is 23.2 Å². The Hall–Kier alpha value is -2.09. The molecule has 1 heterocycles. The van der Waals surface area contributed by atoms with Crippen LogP contribution in [0.1, 0.15) is 58.1 Å². The topological polar surface area (TPSA) is 15.6 Å². The predicted molar refractivity (Wildman–Crippen MR) is 105 cm³/mol. The number of para-hydroxylation sites is 1. The number of benzene rings is 2. The molecule has 0 amide bonds. The molecular formula is C22H28N2. The average Bonchev–Trinajstić information content (AvgIpc) is 2.53. The molecule has 2 nitrogen and oxygen atoms in total. The molecule has 0 fully saturated rings. The van der Waals surface area contributed by atoms with Crippen molar-refractivity contribution in [1.29, 1.82) is 0 Å². The van der Waals surface area contributed by atoms with E-state index in [1.807, 2.05) is 36.5 Å². The Kier molecular flexibility index (Phi) is 4.49. The summed E-state index contributed by atoms with van der Waals surface area (Å²) in [7, 11) is 0. The van der Waals surface area contributed by atoms with Crippen molar-refractivity contribution in [1.82, 2.24) is 0 Å². The normalized spacial score (nSPS) is 19.8. The molecule has 0 saturated carbocycles. The van der Waals surface area contributed by atoms with Crippen LogP contribution in [0.5, 0.6) is 0 Å². The van der Waals surface area contributed by atoms with E-state index in [0.29, 0.717) is 12.0 Å². The highest BCUT2D eigenvalue weighted by Crippen LogP contribution is 2.44. The summed E-state index contributed by atoms with van der Waals surface area (Å²) in [5.41, 5.74) is 5.19. The lowest BCUT2D eigenvalue weighted by molar-refractivity contribution is 0.356. The van der Waals surface area contributed by atoms with Crippen molar-refractivity contribution in [3.05, 3.63) is 59.7 Å². The van der Waals surface area contributed by atoms with Crippen LogP contribution in [0, 0.1) is 0 Å². The maximum atomic E-state index is 4.59. The van der Waals surface area contributed by atoms with Gasteiger partial charge in [0, 0.05) is 23.5 Å². The van der Waals surface area contributed by atoms with E-state index < -0.39 is 0 Å². The van der Waals surface area contributed by atoms with Crippen molar-refractivity contribution in [2.75, 3.05) is 4.90 Å². The quantitative estimate of drug-likeness (QED) is 0.639. The average molecular weight is 320 g/mol. The van der Waals surface area contributed by atoms with Gasteiger partial charge in [0.25, 0.3) is 0 Å². The first-order valence-corrected chi connectivity index (χ1v) is 8.91. The summed E-state index contributed by atoms with van der Waals surface area (Å²) in [5.74, 6) is 0.565. The zero-order chi connectivity index (χ0) is 17.3. The standard InChI is InChI=1S/C22H28N2/c1-16(2)24-21-12-11-18(15-23-19-9-7-6-8-10-19)13-20(21)17(3)14-22(24,4)5/h6-13,15-17H,14H2,1-5H3. The van der Waals surface area contributed by atoms with E-state index in [1.54, 1.807) is 0 Å². The second-order valence-corrected chi connectivity index (χ2v) is 7.79. The smallest absolute Gasteiger partial charge is 0.0629 e. The lowest BCUT2D eigenvalue weighted by Crippen LogP contribution is -2.51. The van der Waals surface area contributed by atoms with Crippen molar-refractivity contribution in [3.63, 3.8) is 0 Å². The zero-order valence-corrected chi connectivity index (χ0v) is 15.5. The highest BCUT2D eigenvalue weighted by Gasteiger charge is 2.37. The number of anilines is 1. The first-order chi connectivity index (χ1) is 11.4. The van der Waals surface area contributed by atoms with Crippen molar-refractivity contribution in [3.8, 4) is 0 Å². The van der Waals surface area contributed by atoms with Crippen molar-refractivity contribution >= 4 is 17.6 Å². The van der Waals surface area contributed by atoms with Gasteiger partial charge in [-0.25, -0.2) is 0 Å². The predicted octanol–water partition coefficient (Wildman–Crippen LogP) is 5.94. The number of fused-ring (bicyclic) bond motifs is 1. The number of rotatable bonds is 3. The minimum atomic E-state index is 0.195. The van der Waals surface area contributed by atoms with Crippen molar-refractivity contribution in [2.24, 2.45) is 4.99 Å². The third kappa shape index (κ3) is 3.24. The molecule has 1 atom stereocenters. The second kappa shape index (κ2) is 6.43. The van der Waals surface area contributed by atoms with Gasteiger partial charge in [-0.2, -0.15) is 0 Å². The lowest BCUT2D eigenvalue weighted by Gasteiger charge is -2.50. The molecule has 126 valence electrons. The van der Waals surface area contributed by atoms with Crippen LogP contribution in [0.3, 0.4) is 0 Å². The van der Waals surface area contributed by atoms with Gasteiger partial charge in [-0.1, -0.05) is 31.2 Å². The van der Waals surface area contributed by atoms with E-state index >= 15 is 0 Å². The molecule has 0 saturated heterocycles. The molecule has 1 unspecified atom stereocenters. The first kappa shape index (κ1) is 16.8. The van der Waals surface area contributed by atoms with Gasteiger partial charge in [0.1, 0.15) is 0 Å². The van der Waals surface area contributed by atoms with E-state index in [0.717, 1.165) is 5.69 Å². The minimum Gasteiger partial charge on any atom is -0.364 e. The molecule has 2 heteroatoms. The number of nitrogens with zero attached hydrogens (tertiary/aromatic N) is 2. The summed E-state index contributed by atoms with van der Waals surface area (Å²) >= 11 is 0. The van der Waals surface area contributed by atoms with Crippen molar-refractivity contribution in [2.45, 2.75) is 58.5 Å². The molecule has 0 aliphatic carbocycles. The molecule has 2 aromatic rings. The summed E-state index contributed by atoms with van der Waals surface area (Å²) in [4.78, 5) is 7.16. The summed E-state index contributed by atoms with van der Waals surface area (Å²) in [5, 5.41) is 0. The van der Waals surface area contributed by atoms with E-state index in [-0.39, 0.29) is 5.54 Å². The Morgan fingerprint density at radius 3 is 2.50 bits per heavy atom. The molecule has 0 bridgehead atoms. The van der Waals surface area contributed by atoms with E-state index in [9.17, 15) is 0 Å². The van der Waals surface area contributed by atoms with Gasteiger partial charge >= 0.3 is 0 Å². The van der Waals surface area contributed by atoms with Crippen LogP contribution < -0.4 is 4.90 Å². The van der Waals surface area contributed by atoms with Crippen LogP contribution in [-0.4, -0.2) is 17.8 Å². The highest BCUT2D eigenvalue weighted by atomic mass is 15.2. The molecular weight excluding hydrogens is 292 g/mol. The van der Waals surface area contributed by atoms with Crippen LogP contribution >= 0.6 is 0 Å². The molecule has 0 aromatic heterocycles. The maximum absolute atomic E-state index is 4.59. The Bertz CT molecular complexity index is 729. The largest absolute Gasteiger partial charge is 0.364 e. The molecule has 0 spiro atoms. The SMILES string of the molecule is CC1CC(C)(C)N(C(C)C)c2ccc(C=Nc3ccccc3)cc21. The van der Waals surface area contributed by atoms with Crippen LogP contribution in [0.25, 0.3) is 0 Å². The van der Waals surface area contributed by atoms with Crippen molar-refractivity contribution < 1.29 is 0 Å². The fraction of sp³-hybridized carbons (Fsp3) is 0.409. The van der Waals surface area contributed by atoms with Gasteiger partial charge in [0.05, 0.1) is 5.69 Å². The molecule has 1 aliphatic heterocycles. The number of hydrogen-bond donors (Lipinski definition) is 0. The van der Waals surface area contributed by atoms with Crippen LogP contribution in [0.15, 0.2) is 53.5 Å². The Balaban J connectivity index is 1.96. The van der Waals surface area contributed by atoms with Gasteiger partial charge in [0.2, 0.25) is 0 Å². The van der Waals surface area contributed by atoms with E-state index in [4.69, 9.17) is 0 Å². The van der Waals surface area contributed by atoms with Gasteiger partial charge < -0.3 is 4.90 Å². The first-order valence-electron chi connectivity index (χ1n) is 8.91. The van der Waals surface area contributed by atoms with Gasteiger partial charge in [-0.05, 0) is 75.4 Å². The molecule has 3 rings (SSSR count). The molecule has 0 radical (unpaired) electrons. The third-order valence-electron chi connectivity index (χ3n) is 4.94. The fourth-order valence-electron chi connectivity index (χ4n) is 4.19. The summed E-state index contributed by atoms with van der Waals surface area (Å²) in [6.45, 7) is 11.6. The maximum Gasteiger partial charge on any atom is 0.0629 e. The van der Waals surface area contributed by atoms with Crippen LogP contribution in [-0.2, 0) is 0 Å². The minimum absolute atomic E-state index is 0.195. The Morgan fingerprint density at radius 1 is 1.12 bits per heavy atom. The zero-order valence-electron chi connectivity index (χ0n) is 15.5. The fourth-order valence-corrected chi connectivity index (χ4v) is 4.19. The monoisotopic (exact) mass is 320 g/mol. The summed E-state index contributed by atoms with van der Waals surface area (Å²) in [6, 6.07) is 17.4. The van der Waals surface area contributed by atoms with Crippen LogP contribution in [0.2, 0.25) is 0 Å². The lowest BCUT2D eigenvalue weighted by atomic mass is 9.79. The Morgan fingerprint density at radius 2 is 1.83 bits per heavy atom. The molecule has 2 aromatic carbocycles. The summed E-state index contributed by atoms with van der Waals surface area (Å²) < 4.78 is 0.